The van der Waals surface area contributed by atoms with Crippen LogP contribution in [0.3, 0.4) is 0 Å². The summed E-state index contributed by atoms with van der Waals surface area (Å²) in [6.07, 6.45) is 0. The van der Waals surface area contributed by atoms with Gasteiger partial charge in [-0.2, -0.15) is 0 Å². The lowest BCUT2D eigenvalue weighted by Crippen LogP contribution is -2.41. The lowest BCUT2D eigenvalue weighted by Gasteiger charge is -2.28. The van der Waals surface area contributed by atoms with Crippen LogP contribution < -0.4 is 19.7 Å². The normalized spacial score (nSPS) is 13.2. The van der Waals surface area contributed by atoms with E-state index < -0.39 is 0 Å². The van der Waals surface area contributed by atoms with Gasteiger partial charge in [-0.3, -0.25) is 9.59 Å². The Morgan fingerprint density at radius 1 is 1.16 bits per heavy atom. The molecule has 7 heteroatoms. The van der Waals surface area contributed by atoms with Crippen molar-refractivity contribution in [3.63, 3.8) is 0 Å². The molecule has 2 aromatic rings. The maximum Gasteiger partial charge on any atom is 0.244 e. The van der Waals surface area contributed by atoms with E-state index in [-0.39, 0.29) is 18.4 Å². The molecule has 0 spiro atoms. The third-order valence-corrected chi connectivity index (χ3v) is 4.79. The molecule has 0 aliphatic carbocycles. The number of thioether (sulfide) groups is 1. The van der Waals surface area contributed by atoms with Gasteiger partial charge in [-0.05, 0) is 12.1 Å². The van der Waals surface area contributed by atoms with Crippen molar-refractivity contribution in [1.82, 2.24) is 0 Å². The van der Waals surface area contributed by atoms with Crippen molar-refractivity contribution >= 4 is 35.0 Å². The molecule has 1 heterocycles. The van der Waals surface area contributed by atoms with Crippen LogP contribution in [-0.4, -0.2) is 38.3 Å². The molecule has 0 radical (unpaired) electrons. The van der Waals surface area contributed by atoms with E-state index in [1.54, 1.807) is 32.4 Å². The van der Waals surface area contributed by atoms with Crippen LogP contribution in [-0.2, 0) is 9.59 Å². The molecule has 1 aliphatic rings. The predicted octanol–water partition coefficient (Wildman–Crippen LogP) is 2.78. The number of rotatable bonds is 5. The van der Waals surface area contributed by atoms with Crippen molar-refractivity contribution in [1.29, 1.82) is 0 Å². The highest BCUT2D eigenvalue weighted by molar-refractivity contribution is 8.00. The topological polar surface area (TPSA) is 67.9 Å². The highest BCUT2D eigenvalue weighted by Crippen LogP contribution is 2.34. The molecule has 6 nitrogen and oxygen atoms in total. The molecule has 0 saturated heterocycles. The second-order valence-electron chi connectivity index (χ2n) is 5.39. The lowest BCUT2D eigenvalue weighted by molar-refractivity contribution is -0.120. The smallest absolute Gasteiger partial charge is 0.244 e. The van der Waals surface area contributed by atoms with E-state index in [1.807, 2.05) is 24.3 Å². The lowest BCUT2D eigenvalue weighted by atomic mass is 10.2. The molecule has 25 heavy (non-hydrogen) atoms. The Morgan fingerprint density at radius 3 is 2.52 bits per heavy atom. The first-order valence-electron chi connectivity index (χ1n) is 7.66. The van der Waals surface area contributed by atoms with E-state index in [9.17, 15) is 9.59 Å². The molecule has 3 rings (SSSR count). The van der Waals surface area contributed by atoms with Crippen molar-refractivity contribution in [2.75, 3.05) is 36.7 Å². The number of amides is 2. The molecule has 2 amide bonds. The van der Waals surface area contributed by atoms with Gasteiger partial charge in [-0.25, -0.2) is 0 Å². The van der Waals surface area contributed by atoms with E-state index in [1.165, 1.54) is 16.7 Å². The molecular formula is C18H18N2O4S. The number of fused-ring (bicyclic) bond motifs is 1. The minimum Gasteiger partial charge on any atom is -0.497 e. The predicted molar refractivity (Wildman–Crippen MR) is 97.7 cm³/mol. The Hall–Kier alpha value is -2.67. The maximum absolute atomic E-state index is 12.4. The third kappa shape index (κ3) is 3.88. The monoisotopic (exact) mass is 358 g/mol. The van der Waals surface area contributed by atoms with Crippen LogP contribution in [0.4, 0.5) is 11.4 Å². The number of methoxy groups -OCH3 is 2. The minimum atomic E-state index is -0.287. The van der Waals surface area contributed by atoms with Crippen LogP contribution >= 0.6 is 11.8 Å². The van der Waals surface area contributed by atoms with Crippen LogP contribution in [0.2, 0.25) is 0 Å². The van der Waals surface area contributed by atoms with Gasteiger partial charge in [0.2, 0.25) is 11.8 Å². The van der Waals surface area contributed by atoms with Gasteiger partial charge in [-0.15, -0.1) is 11.8 Å². The summed E-state index contributed by atoms with van der Waals surface area (Å²) in [5.41, 5.74) is 1.32. The Kier molecular flexibility index (Phi) is 5.14. The van der Waals surface area contributed by atoms with Gasteiger partial charge in [-0.1, -0.05) is 12.1 Å². The first-order chi connectivity index (χ1) is 12.1. The molecule has 1 N–H and O–H groups in total. The third-order valence-electron chi connectivity index (χ3n) is 3.75. The van der Waals surface area contributed by atoms with E-state index in [4.69, 9.17) is 9.47 Å². The zero-order valence-corrected chi connectivity index (χ0v) is 14.8. The molecule has 0 bridgehead atoms. The minimum absolute atomic E-state index is 0.0457. The van der Waals surface area contributed by atoms with E-state index in [2.05, 4.69) is 5.32 Å². The van der Waals surface area contributed by atoms with Gasteiger partial charge in [0.15, 0.2) is 0 Å². The van der Waals surface area contributed by atoms with Gasteiger partial charge in [0, 0.05) is 28.8 Å². The number of anilines is 2. The number of benzene rings is 2. The van der Waals surface area contributed by atoms with E-state index in [0.29, 0.717) is 22.9 Å². The number of carbonyl (C=O) groups is 2. The van der Waals surface area contributed by atoms with Gasteiger partial charge in [0.05, 0.1) is 25.7 Å². The quantitative estimate of drug-likeness (QED) is 0.890. The number of hydrogen-bond acceptors (Lipinski definition) is 5. The molecule has 0 saturated carbocycles. The van der Waals surface area contributed by atoms with Crippen LogP contribution in [0, 0.1) is 0 Å². The average Bonchev–Trinajstić information content (AvgIpc) is 2.63. The number of carbonyl (C=O) groups excluding carboxylic acids is 2. The van der Waals surface area contributed by atoms with Crippen LogP contribution in [0.1, 0.15) is 0 Å². The van der Waals surface area contributed by atoms with Crippen molar-refractivity contribution in [3.05, 3.63) is 42.5 Å². The number of ether oxygens (including phenoxy) is 2. The Bertz CT molecular complexity index is 787. The maximum atomic E-state index is 12.4. The fourth-order valence-electron chi connectivity index (χ4n) is 2.55. The van der Waals surface area contributed by atoms with E-state index in [0.717, 1.165) is 10.6 Å². The molecule has 2 aromatic carbocycles. The molecule has 0 atom stereocenters. The fourth-order valence-corrected chi connectivity index (χ4v) is 3.49. The number of nitrogens with zero attached hydrogens (tertiary/aromatic N) is 1. The van der Waals surface area contributed by atoms with Crippen LogP contribution in [0.25, 0.3) is 0 Å². The highest BCUT2D eigenvalue weighted by atomic mass is 32.2. The zero-order chi connectivity index (χ0) is 17.8. The largest absolute Gasteiger partial charge is 0.497 e. The number of nitrogens with one attached hydrogen (secondary N) is 1. The zero-order valence-electron chi connectivity index (χ0n) is 13.9. The Balaban J connectivity index is 1.76. The summed E-state index contributed by atoms with van der Waals surface area (Å²) < 4.78 is 10.4. The van der Waals surface area contributed by atoms with E-state index >= 15 is 0 Å². The first-order valence-corrected chi connectivity index (χ1v) is 8.64. The molecule has 1 aliphatic heterocycles. The molecule has 130 valence electrons. The van der Waals surface area contributed by atoms with Crippen LogP contribution in [0.5, 0.6) is 11.5 Å². The molecule has 0 fully saturated rings. The Labute approximate surface area is 150 Å². The number of para-hydroxylation sites is 1. The molecule has 0 aromatic heterocycles. The first kappa shape index (κ1) is 17.2. The average molecular weight is 358 g/mol. The van der Waals surface area contributed by atoms with Gasteiger partial charge in [0.1, 0.15) is 18.0 Å². The summed E-state index contributed by atoms with van der Waals surface area (Å²) in [5.74, 6) is 1.11. The summed E-state index contributed by atoms with van der Waals surface area (Å²) in [6.45, 7) is -0.0457. The summed E-state index contributed by atoms with van der Waals surface area (Å²) in [5, 5.41) is 2.79. The highest BCUT2D eigenvalue weighted by Gasteiger charge is 2.26. The summed E-state index contributed by atoms with van der Waals surface area (Å²) in [6, 6.07) is 12.7. The van der Waals surface area contributed by atoms with Crippen molar-refractivity contribution in [2.24, 2.45) is 0 Å². The van der Waals surface area contributed by atoms with Gasteiger partial charge < -0.3 is 19.7 Å². The number of hydrogen-bond donors (Lipinski definition) is 1. The Morgan fingerprint density at radius 2 is 1.84 bits per heavy atom. The van der Waals surface area contributed by atoms with Crippen molar-refractivity contribution in [3.8, 4) is 11.5 Å². The SMILES string of the molecule is COc1cc(NC(=O)CN2C(=O)CSc3ccccc32)cc(OC)c1. The van der Waals surface area contributed by atoms with Crippen molar-refractivity contribution < 1.29 is 19.1 Å². The summed E-state index contributed by atoms with van der Waals surface area (Å²) >= 11 is 1.49. The fraction of sp³-hybridized carbons (Fsp3) is 0.222. The molecular weight excluding hydrogens is 340 g/mol. The molecule has 0 unspecified atom stereocenters. The van der Waals surface area contributed by atoms with Gasteiger partial charge >= 0.3 is 0 Å². The van der Waals surface area contributed by atoms with Crippen molar-refractivity contribution in [2.45, 2.75) is 4.90 Å². The summed E-state index contributed by atoms with van der Waals surface area (Å²) in [7, 11) is 3.09. The second kappa shape index (κ2) is 7.48. The standard InChI is InChI=1S/C18H18N2O4S/c1-23-13-7-12(8-14(9-13)24-2)19-17(21)10-20-15-5-3-4-6-16(15)25-11-18(20)22/h3-9H,10-11H2,1-2H3,(H,19,21). The van der Waals surface area contributed by atoms with Gasteiger partial charge in [0.25, 0.3) is 0 Å². The second-order valence-corrected chi connectivity index (χ2v) is 6.40. The van der Waals surface area contributed by atoms with Crippen LogP contribution in [0.15, 0.2) is 47.4 Å². The summed E-state index contributed by atoms with van der Waals surface area (Å²) in [4.78, 5) is 27.2.